The van der Waals surface area contributed by atoms with Gasteiger partial charge in [-0.3, -0.25) is 0 Å². The Hall–Kier alpha value is -0.738. The van der Waals surface area contributed by atoms with Crippen LogP contribution in [-0.2, 0) is 0 Å². The summed E-state index contributed by atoms with van der Waals surface area (Å²) in [7, 11) is 0. The second-order valence-corrected chi connectivity index (χ2v) is 1.20. The van der Waals surface area contributed by atoms with Gasteiger partial charge in [0.25, 0.3) is 5.95 Å². The number of aromatic amines is 1. The molecule has 0 aliphatic carbocycles. The summed E-state index contributed by atoms with van der Waals surface area (Å²) in [4.78, 5) is 13.1. The molecular formula is C2H3N5O2Pb. The van der Waals surface area contributed by atoms with Crippen molar-refractivity contribution in [3.8, 4) is 0 Å². The maximum absolute atomic E-state index is 9.67. The summed E-state index contributed by atoms with van der Waals surface area (Å²) < 4.78 is 0. The fourth-order valence-electron chi connectivity index (χ4n) is 0.346. The van der Waals surface area contributed by atoms with Crippen LogP contribution in [0.1, 0.15) is 0 Å². The first-order valence-electron chi connectivity index (χ1n) is 2.05. The van der Waals surface area contributed by atoms with Gasteiger partial charge < -0.3 is 0 Å². The van der Waals surface area contributed by atoms with E-state index >= 15 is 0 Å². The Morgan fingerprint density at radius 1 is 1.80 bits per heavy atom. The Balaban J connectivity index is 0.000000810. The number of hydrogen-bond donors (Lipinski definition) is 2. The molecule has 0 unspecified atom stereocenters. The number of nitrogens with one attached hydrogen (secondary N) is 2. The first kappa shape index (κ1) is 9.26. The summed E-state index contributed by atoms with van der Waals surface area (Å²) in [5.41, 5.74) is 1.78. The summed E-state index contributed by atoms with van der Waals surface area (Å²) in [6.07, 6.45) is 1.17. The van der Waals surface area contributed by atoms with E-state index < -0.39 is 5.03 Å². The molecule has 4 radical (unpaired) electrons. The first-order valence-corrected chi connectivity index (χ1v) is 2.05. The quantitative estimate of drug-likeness (QED) is 0.411. The molecule has 0 aliphatic rings. The molecule has 2 N–H and O–H groups in total. The molecule has 0 saturated heterocycles. The van der Waals surface area contributed by atoms with Crippen molar-refractivity contribution >= 4 is 33.2 Å². The molecule has 0 bridgehead atoms. The zero-order chi connectivity index (χ0) is 6.69. The van der Waals surface area contributed by atoms with Crippen molar-refractivity contribution in [1.29, 1.82) is 0 Å². The number of anilines is 1. The summed E-state index contributed by atoms with van der Waals surface area (Å²) >= 11 is 0. The van der Waals surface area contributed by atoms with Gasteiger partial charge in [-0.05, 0) is 0 Å². The smallest absolute Gasteiger partial charge is 0.241 e. The van der Waals surface area contributed by atoms with Gasteiger partial charge in [-0.15, -0.1) is 0 Å². The second kappa shape index (κ2) is 4.14. The molecule has 0 amide bonds. The fraction of sp³-hybridized carbons (Fsp3) is 0. The molecule has 0 spiro atoms. The van der Waals surface area contributed by atoms with Gasteiger partial charge in [-0.2, -0.15) is 10.1 Å². The molecule has 0 aromatic carbocycles. The molecule has 10 heavy (non-hydrogen) atoms. The number of rotatable bonds is 2. The van der Waals surface area contributed by atoms with Gasteiger partial charge in [0.05, 0.1) is 0 Å². The number of hydrazine groups is 1. The van der Waals surface area contributed by atoms with E-state index in [9.17, 15) is 10.1 Å². The Morgan fingerprint density at radius 3 is 2.90 bits per heavy atom. The third-order valence-electron chi connectivity index (χ3n) is 0.612. The normalized spacial score (nSPS) is 8.00. The minimum atomic E-state index is -0.722. The Kier molecular flexibility index (Phi) is 3.83. The Labute approximate surface area is 75.5 Å². The molecular weight excluding hydrogens is 333 g/mol. The van der Waals surface area contributed by atoms with E-state index in [1.165, 1.54) is 6.33 Å². The van der Waals surface area contributed by atoms with Gasteiger partial charge in [-0.25, -0.2) is 15.2 Å². The van der Waals surface area contributed by atoms with E-state index in [0.29, 0.717) is 0 Å². The topological polar surface area (TPSA) is 96.7 Å². The van der Waals surface area contributed by atoms with E-state index in [0.717, 1.165) is 0 Å². The number of nitrogens with zero attached hydrogens (tertiary/aromatic N) is 3. The zero-order valence-electron chi connectivity index (χ0n) is 4.74. The van der Waals surface area contributed by atoms with Crippen molar-refractivity contribution in [3.05, 3.63) is 16.4 Å². The molecule has 0 atom stereocenters. The Bertz CT molecular complexity index is 197. The number of H-pyrrole nitrogens is 1. The van der Waals surface area contributed by atoms with Crippen LogP contribution in [-0.4, -0.2) is 47.5 Å². The predicted octanol–water partition coefficient (Wildman–Crippen LogP) is -0.973. The van der Waals surface area contributed by atoms with Crippen molar-refractivity contribution in [2.24, 2.45) is 0 Å². The van der Waals surface area contributed by atoms with Crippen molar-refractivity contribution in [2.45, 2.75) is 0 Å². The molecule has 1 aromatic rings. The van der Waals surface area contributed by atoms with Crippen LogP contribution in [0.25, 0.3) is 0 Å². The van der Waals surface area contributed by atoms with Gasteiger partial charge in [0.1, 0.15) is 6.33 Å². The minimum absolute atomic E-state index is 0. The molecule has 52 valence electrons. The molecule has 0 fully saturated rings. The second-order valence-electron chi connectivity index (χ2n) is 1.20. The summed E-state index contributed by atoms with van der Waals surface area (Å²) in [6, 6.07) is 0. The van der Waals surface area contributed by atoms with Crippen LogP contribution < -0.4 is 5.43 Å². The Morgan fingerprint density at radius 2 is 2.50 bits per heavy atom. The van der Waals surface area contributed by atoms with Crippen LogP contribution in [0, 0.1) is 10.1 Å². The fourth-order valence-corrected chi connectivity index (χ4v) is 0.346. The molecule has 0 aliphatic heterocycles. The SMILES string of the molecule is O=[N+]([O-])Nc1ncn[nH]1.[Pb]. The van der Waals surface area contributed by atoms with E-state index in [1.54, 1.807) is 5.43 Å². The molecule has 0 saturated carbocycles. The van der Waals surface area contributed by atoms with Crippen LogP contribution in [0.15, 0.2) is 6.33 Å². The van der Waals surface area contributed by atoms with Crippen molar-refractivity contribution in [2.75, 3.05) is 5.43 Å². The van der Waals surface area contributed by atoms with E-state index in [1.807, 2.05) is 0 Å². The van der Waals surface area contributed by atoms with E-state index in [-0.39, 0.29) is 33.2 Å². The number of aromatic nitrogens is 3. The summed E-state index contributed by atoms with van der Waals surface area (Å²) in [5, 5.41) is 14.6. The molecule has 1 aromatic heterocycles. The van der Waals surface area contributed by atoms with Gasteiger partial charge >= 0.3 is 0 Å². The van der Waals surface area contributed by atoms with Crippen LogP contribution in [0.5, 0.6) is 0 Å². The number of hydrogen-bond acceptors (Lipinski definition) is 4. The largest absolute Gasteiger partial charge is 0.280 e. The summed E-state index contributed by atoms with van der Waals surface area (Å²) in [5.74, 6) is 0.0278. The van der Waals surface area contributed by atoms with Gasteiger partial charge in [0.15, 0.2) is 5.03 Å². The minimum Gasteiger partial charge on any atom is -0.241 e. The van der Waals surface area contributed by atoms with Crippen LogP contribution in [0.2, 0.25) is 0 Å². The molecule has 8 heteroatoms. The van der Waals surface area contributed by atoms with Crippen molar-refractivity contribution < 1.29 is 5.03 Å². The molecule has 1 heterocycles. The zero-order valence-corrected chi connectivity index (χ0v) is 8.62. The maximum Gasteiger partial charge on any atom is 0.280 e. The van der Waals surface area contributed by atoms with Crippen LogP contribution >= 0.6 is 0 Å². The molecule has 7 nitrogen and oxygen atoms in total. The van der Waals surface area contributed by atoms with Crippen LogP contribution in [0.3, 0.4) is 0 Å². The van der Waals surface area contributed by atoms with Crippen molar-refractivity contribution in [1.82, 2.24) is 15.2 Å². The predicted molar refractivity (Wildman–Crippen MR) is 32.8 cm³/mol. The van der Waals surface area contributed by atoms with Crippen molar-refractivity contribution in [3.63, 3.8) is 0 Å². The molecule has 1 rings (SSSR count). The van der Waals surface area contributed by atoms with Crippen LogP contribution in [0.4, 0.5) is 5.95 Å². The van der Waals surface area contributed by atoms with Gasteiger partial charge in [0, 0.05) is 27.3 Å². The van der Waals surface area contributed by atoms with Gasteiger partial charge in [0.2, 0.25) is 0 Å². The van der Waals surface area contributed by atoms with Gasteiger partial charge in [-0.1, -0.05) is 5.43 Å². The van der Waals surface area contributed by atoms with E-state index in [2.05, 4.69) is 15.2 Å². The first-order chi connectivity index (χ1) is 4.29. The third kappa shape index (κ3) is 2.70. The summed E-state index contributed by atoms with van der Waals surface area (Å²) in [6.45, 7) is 0. The monoisotopic (exact) mass is 337 g/mol. The average Bonchev–Trinajstić information content (AvgIpc) is 2.15. The van der Waals surface area contributed by atoms with E-state index in [4.69, 9.17) is 0 Å². The maximum atomic E-state index is 9.67. The average molecular weight is 336 g/mol. The third-order valence-corrected chi connectivity index (χ3v) is 0.612. The standard InChI is InChI=1S/C2H3N5O2.Pb/c8-7(9)6-2-3-1-4-5-2;/h1H,(H2,3,4,5,6);. The number of nitro groups is 1.